The number of aliphatic hydroxyl groups is 1. The predicted octanol–water partition coefficient (Wildman–Crippen LogP) is 2.52. The summed E-state index contributed by atoms with van der Waals surface area (Å²) in [6, 6.07) is 0. The van der Waals surface area contributed by atoms with Gasteiger partial charge in [-0.05, 0) is 13.3 Å². The molecule has 0 aromatic rings. The first-order valence-corrected chi connectivity index (χ1v) is 8.31. The van der Waals surface area contributed by atoms with E-state index in [0.717, 1.165) is 19.3 Å². The van der Waals surface area contributed by atoms with Crippen LogP contribution in [0.1, 0.15) is 52.4 Å². The van der Waals surface area contributed by atoms with Crippen molar-refractivity contribution in [3.05, 3.63) is 0 Å². The van der Waals surface area contributed by atoms with E-state index < -0.39 is 14.7 Å². The lowest BCUT2D eigenvalue weighted by atomic mass is 10.1. The SMILES string of the molecule is CCCCCCCC(=O)OCC(O)COP(O)OCC. The van der Waals surface area contributed by atoms with Gasteiger partial charge in [-0.2, -0.15) is 0 Å². The highest BCUT2D eigenvalue weighted by Crippen LogP contribution is 2.32. The molecule has 2 atom stereocenters. The minimum atomic E-state index is -1.96. The van der Waals surface area contributed by atoms with E-state index in [0.29, 0.717) is 13.0 Å². The molecule has 0 aromatic heterocycles. The van der Waals surface area contributed by atoms with Crippen LogP contribution in [0.3, 0.4) is 0 Å². The molecule has 0 aromatic carbocycles. The lowest BCUT2D eigenvalue weighted by Gasteiger charge is -2.13. The van der Waals surface area contributed by atoms with Gasteiger partial charge in [-0.1, -0.05) is 32.6 Å². The number of unbranched alkanes of at least 4 members (excludes halogenated alkanes) is 4. The van der Waals surface area contributed by atoms with E-state index in [9.17, 15) is 9.90 Å². The highest BCUT2D eigenvalue weighted by Gasteiger charge is 2.12. The fourth-order valence-corrected chi connectivity index (χ4v) is 2.07. The van der Waals surface area contributed by atoms with Gasteiger partial charge < -0.3 is 23.8 Å². The Bertz CT molecular complexity index is 239. The van der Waals surface area contributed by atoms with Crippen LogP contribution < -0.4 is 0 Å². The molecule has 0 aliphatic heterocycles. The van der Waals surface area contributed by atoms with Gasteiger partial charge in [-0.15, -0.1) is 0 Å². The first-order chi connectivity index (χ1) is 9.60. The van der Waals surface area contributed by atoms with Crippen molar-refractivity contribution in [3.63, 3.8) is 0 Å². The maximum atomic E-state index is 11.4. The number of hydrogen-bond donors (Lipinski definition) is 2. The maximum Gasteiger partial charge on any atom is 0.329 e. The van der Waals surface area contributed by atoms with Crippen LogP contribution >= 0.6 is 8.60 Å². The Balaban J connectivity index is 3.48. The summed E-state index contributed by atoms with van der Waals surface area (Å²) in [6.07, 6.45) is 4.77. The van der Waals surface area contributed by atoms with Gasteiger partial charge in [0.05, 0.1) is 13.2 Å². The molecular formula is C13H27O6P. The summed E-state index contributed by atoms with van der Waals surface area (Å²) in [5.74, 6) is -0.309. The van der Waals surface area contributed by atoms with Gasteiger partial charge in [-0.3, -0.25) is 4.79 Å². The lowest BCUT2D eigenvalue weighted by Crippen LogP contribution is -2.23. The van der Waals surface area contributed by atoms with Crippen molar-refractivity contribution in [2.45, 2.75) is 58.5 Å². The maximum absolute atomic E-state index is 11.4. The molecule has 2 unspecified atom stereocenters. The van der Waals surface area contributed by atoms with Crippen LogP contribution in [0.2, 0.25) is 0 Å². The van der Waals surface area contributed by atoms with E-state index >= 15 is 0 Å². The van der Waals surface area contributed by atoms with Crippen molar-refractivity contribution in [2.75, 3.05) is 19.8 Å². The Morgan fingerprint density at radius 2 is 1.80 bits per heavy atom. The zero-order valence-electron chi connectivity index (χ0n) is 12.4. The fraction of sp³-hybridized carbons (Fsp3) is 0.923. The van der Waals surface area contributed by atoms with Gasteiger partial charge >= 0.3 is 14.6 Å². The summed E-state index contributed by atoms with van der Waals surface area (Å²) in [4.78, 5) is 20.5. The molecule has 0 radical (unpaired) electrons. The zero-order valence-corrected chi connectivity index (χ0v) is 13.3. The summed E-state index contributed by atoms with van der Waals surface area (Å²) in [5.41, 5.74) is 0. The molecule has 0 aliphatic carbocycles. The number of ether oxygens (including phenoxy) is 1. The van der Waals surface area contributed by atoms with Gasteiger partial charge in [0.1, 0.15) is 12.7 Å². The van der Waals surface area contributed by atoms with E-state index in [1.165, 1.54) is 12.8 Å². The molecule has 0 rings (SSSR count). The zero-order chi connectivity index (χ0) is 15.2. The number of rotatable bonds is 13. The second-order valence-corrected chi connectivity index (χ2v) is 5.44. The van der Waals surface area contributed by atoms with E-state index in [1.54, 1.807) is 6.92 Å². The molecule has 0 saturated carbocycles. The monoisotopic (exact) mass is 310 g/mol. The van der Waals surface area contributed by atoms with Crippen LogP contribution in [-0.4, -0.2) is 41.9 Å². The first-order valence-electron chi connectivity index (χ1n) is 7.18. The Morgan fingerprint density at radius 3 is 2.45 bits per heavy atom. The normalized spacial score (nSPS) is 14.0. The Kier molecular flexibility index (Phi) is 13.5. The smallest absolute Gasteiger partial charge is 0.329 e. The van der Waals surface area contributed by atoms with Crippen LogP contribution in [0.15, 0.2) is 0 Å². The molecule has 120 valence electrons. The molecule has 0 spiro atoms. The molecule has 0 heterocycles. The van der Waals surface area contributed by atoms with Crippen molar-refractivity contribution < 1.29 is 28.6 Å². The summed E-state index contributed by atoms with van der Waals surface area (Å²) in [5, 5.41) is 9.50. The van der Waals surface area contributed by atoms with Gasteiger partial charge in [0.2, 0.25) is 0 Å². The highest BCUT2D eigenvalue weighted by molar-refractivity contribution is 7.40. The molecular weight excluding hydrogens is 283 g/mol. The topological polar surface area (TPSA) is 85.2 Å². The van der Waals surface area contributed by atoms with Gasteiger partial charge in [0, 0.05) is 6.42 Å². The number of carbonyl (C=O) groups is 1. The van der Waals surface area contributed by atoms with Crippen molar-refractivity contribution in [1.29, 1.82) is 0 Å². The van der Waals surface area contributed by atoms with E-state index in [4.69, 9.17) is 18.7 Å². The Hall–Kier alpha value is -0.260. The number of esters is 1. The van der Waals surface area contributed by atoms with Crippen molar-refractivity contribution >= 4 is 14.6 Å². The molecule has 20 heavy (non-hydrogen) atoms. The third-order valence-electron chi connectivity index (χ3n) is 2.54. The minimum absolute atomic E-state index is 0.119. The molecule has 2 N–H and O–H groups in total. The average molecular weight is 310 g/mol. The molecule has 0 amide bonds. The van der Waals surface area contributed by atoms with Gasteiger partial charge in [-0.25, -0.2) is 0 Å². The molecule has 0 fully saturated rings. The highest BCUT2D eigenvalue weighted by atomic mass is 31.2. The third kappa shape index (κ3) is 12.8. The molecule has 7 heteroatoms. The predicted molar refractivity (Wildman–Crippen MR) is 77.1 cm³/mol. The summed E-state index contributed by atoms with van der Waals surface area (Å²) in [6.45, 7) is 3.97. The number of hydrogen-bond acceptors (Lipinski definition) is 6. The van der Waals surface area contributed by atoms with Crippen molar-refractivity contribution in [1.82, 2.24) is 0 Å². The van der Waals surface area contributed by atoms with Crippen molar-refractivity contribution in [3.8, 4) is 0 Å². The largest absolute Gasteiger partial charge is 0.463 e. The average Bonchev–Trinajstić information content (AvgIpc) is 2.43. The van der Waals surface area contributed by atoms with Gasteiger partial charge in [0.15, 0.2) is 0 Å². The van der Waals surface area contributed by atoms with Crippen LogP contribution in [0.25, 0.3) is 0 Å². The molecule has 0 saturated heterocycles. The Labute approximate surface area is 122 Å². The van der Waals surface area contributed by atoms with Gasteiger partial charge in [0.25, 0.3) is 0 Å². The summed E-state index contributed by atoms with van der Waals surface area (Å²) >= 11 is 0. The molecule has 0 aliphatic rings. The van der Waals surface area contributed by atoms with Crippen LogP contribution in [0.5, 0.6) is 0 Å². The third-order valence-corrected chi connectivity index (χ3v) is 3.39. The summed E-state index contributed by atoms with van der Waals surface area (Å²) in [7, 11) is -1.96. The second kappa shape index (κ2) is 13.7. The van der Waals surface area contributed by atoms with Crippen LogP contribution in [0.4, 0.5) is 0 Å². The van der Waals surface area contributed by atoms with E-state index in [1.807, 2.05) is 0 Å². The second-order valence-electron chi connectivity index (χ2n) is 4.45. The van der Waals surface area contributed by atoms with Crippen LogP contribution in [0, 0.1) is 0 Å². The van der Waals surface area contributed by atoms with E-state index in [2.05, 4.69) is 6.92 Å². The quantitative estimate of drug-likeness (QED) is 0.309. The first kappa shape index (κ1) is 19.7. The molecule has 6 nitrogen and oxygen atoms in total. The molecule has 0 bridgehead atoms. The standard InChI is InChI=1S/C13H27O6P/c1-3-5-6-7-8-9-13(15)17-10-12(14)11-19-20(16)18-4-2/h12,14,16H,3-11H2,1-2H3. The number of carbonyl (C=O) groups excluding carboxylic acids is 1. The van der Waals surface area contributed by atoms with E-state index in [-0.39, 0.29) is 19.2 Å². The fourth-order valence-electron chi connectivity index (χ4n) is 1.48. The van der Waals surface area contributed by atoms with Crippen LogP contribution in [-0.2, 0) is 18.6 Å². The number of aliphatic hydroxyl groups excluding tert-OH is 1. The lowest BCUT2D eigenvalue weighted by molar-refractivity contribution is -0.147. The Morgan fingerprint density at radius 1 is 1.10 bits per heavy atom. The summed E-state index contributed by atoms with van der Waals surface area (Å²) < 4.78 is 14.6. The minimum Gasteiger partial charge on any atom is -0.463 e. The van der Waals surface area contributed by atoms with Crippen molar-refractivity contribution in [2.24, 2.45) is 0 Å².